The molecule has 0 amide bonds. The third kappa shape index (κ3) is 3.43. The topological polar surface area (TPSA) is 72.4 Å². The molecule has 3 aromatic heterocycles. The molecule has 0 aliphatic rings. The number of phenols is 2. The monoisotopic (exact) mass is 613 g/mol. The maximum absolute atomic E-state index is 10.7. The van der Waals surface area contributed by atoms with Crippen LogP contribution in [0.25, 0.3) is 50.3 Å². The van der Waals surface area contributed by atoms with E-state index in [2.05, 4.69) is 4.57 Å². The van der Waals surface area contributed by atoms with Gasteiger partial charge in [0.25, 0.3) is 0 Å². The van der Waals surface area contributed by atoms with Crippen LogP contribution in [-0.4, -0.2) is 19.8 Å². The second-order valence-corrected chi connectivity index (χ2v) is 7.64. The van der Waals surface area contributed by atoms with Crippen molar-refractivity contribution in [1.82, 2.24) is 14.5 Å². The summed E-state index contributed by atoms with van der Waals surface area (Å²) >= 11 is 0. The number of hydrogen-bond acceptors (Lipinski definition) is 3. The molecule has 0 aliphatic carbocycles. The first-order valence-corrected chi connectivity index (χ1v) is 10.3. The van der Waals surface area contributed by atoms with Crippen molar-refractivity contribution < 1.29 is 32.6 Å². The summed E-state index contributed by atoms with van der Waals surface area (Å²) in [6.45, 7) is 0. The van der Waals surface area contributed by atoms with Crippen LogP contribution in [0.3, 0.4) is 0 Å². The number of benzene rings is 3. The minimum atomic E-state index is 0. The zero-order chi connectivity index (χ0) is 21.7. The van der Waals surface area contributed by atoms with Crippen LogP contribution in [0.1, 0.15) is 0 Å². The Balaban J connectivity index is 0.00000228. The summed E-state index contributed by atoms with van der Waals surface area (Å²) in [7, 11) is 0. The van der Waals surface area contributed by atoms with Crippen molar-refractivity contribution in [3.63, 3.8) is 0 Å². The van der Waals surface area contributed by atoms with Gasteiger partial charge in [-0.2, -0.15) is 0 Å². The molecule has 3 aromatic carbocycles. The molecule has 0 spiro atoms. The summed E-state index contributed by atoms with van der Waals surface area (Å²) in [5.41, 5.74) is 6.29. The van der Waals surface area contributed by atoms with Gasteiger partial charge < -0.3 is 19.8 Å². The molecule has 164 valence electrons. The number of rotatable bonds is 3. The van der Waals surface area contributed by atoms with Gasteiger partial charge in [0.2, 0.25) is 0 Å². The molecule has 2 N–H and O–H groups in total. The fraction of sp³-hybridized carbons (Fsp3) is 0. The van der Waals surface area contributed by atoms with Gasteiger partial charge in [-0.1, -0.05) is 54.6 Å². The van der Waals surface area contributed by atoms with E-state index in [1.807, 2.05) is 78.9 Å². The standard InChI is InChI=1S/C27H18N3O2.Au/c31-24-11-5-4-9-18(24)19-13-14-20(28-19)21-15-16-23-27(29-21)26-22(10-6-12-25(26)32)30(23)17-7-2-1-3-8-17;/h1-16H,(H2-,28,29,31,32);/q-1;+1. The van der Waals surface area contributed by atoms with E-state index >= 15 is 0 Å². The van der Waals surface area contributed by atoms with Crippen LogP contribution >= 0.6 is 0 Å². The van der Waals surface area contributed by atoms with Gasteiger partial charge >= 0.3 is 22.4 Å². The van der Waals surface area contributed by atoms with E-state index < -0.39 is 0 Å². The Hall–Kier alpha value is -3.77. The number of phenolic OH excluding ortho intramolecular Hbond substituents is 2. The van der Waals surface area contributed by atoms with Crippen LogP contribution in [0.2, 0.25) is 0 Å². The zero-order valence-electron chi connectivity index (χ0n) is 17.3. The van der Waals surface area contributed by atoms with Crippen LogP contribution in [0, 0.1) is 0 Å². The molecular weight excluding hydrogens is 595 g/mol. The van der Waals surface area contributed by atoms with Gasteiger partial charge in [-0.05, 0) is 42.5 Å². The Morgan fingerprint density at radius 3 is 2.18 bits per heavy atom. The Morgan fingerprint density at radius 2 is 1.36 bits per heavy atom. The van der Waals surface area contributed by atoms with Crippen molar-refractivity contribution in [2.24, 2.45) is 0 Å². The summed E-state index contributed by atoms with van der Waals surface area (Å²) in [5.74, 6) is 0.383. The van der Waals surface area contributed by atoms with Gasteiger partial charge in [0.1, 0.15) is 17.0 Å². The van der Waals surface area contributed by atoms with Crippen molar-refractivity contribution in [3.8, 4) is 39.8 Å². The van der Waals surface area contributed by atoms with Gasteiger partial charge in [0.05, 0.1) is 16.4 Å². The first kappa shape index (κ1) is 21.1. The summed E-state index contributed by atoms with van der Waals surface area (Å²) in [6, 6.07) is 30.4. The van der Waals surface area contributed by atoms with Crippen molar-refractivity contribution in [2.45, 2.75) is 0 Å². The maximum atomic E-state index is 10.7. The molecule has 3 heterocycles. The van der Waals surface area contributed by atoms with Gasteiger partial charge in [-0.3, -0.25) is 0 Å². The molecule has 0 radical (unpaired) electrons. The normalized spacial score (nSPS) is 11.0. The Labute approximate surface area is 205 Å². The largest absolute Gasteiger partial charge is 1.00 e. The number of pyridine rings is 1. The third-order valence-corrected chi connectivity index (χ3v) is 5.71. The molecule has 0 bridgehead atoms. The van der Waals surface area contributed by atoms with Crippen LogP contribution in [-0.2, 0) is 22.4 Å². The quantitative estimate of drug-likeness (QED) is 0.245. The van der Waals surface area contributed by atoms with Gasteiger partial charge in [-0.15, -0.1) is 11.4 Å². The predicted molar refractivity (Wildman–Crippen MR) is 126 cm³/mol. The first-order valence-electron chi connectivity index (χ1n) is 10.3. The van der Waals surface area contributed by atoms with Crippen molar-refractivity contribution in [3.05, 3.63) is 97.1 Å². The summed E-state index contributed by atoms with van der Waals surface area (Å²) < 4.78 is 2.10. The molecule has 0 unspecified atom stereocenters. The molecule has 0 fully saturated rings. The molecule has 0 atom stereocenters. The molecule has 33 heavy (non-hydrogen) atoms. The van der Waals surface area contributed by atoms with Crippen LogP contribution in [0.5, 0.6) is 11.5 Å². The number of nitrogens with zero attached hydrogens (tertiary/aromatic N) is 3. The molecule has 5 nitrogen and oxygen atoms in total. The van der Waals surface area contributed by atoms with E-state index in [1.54, 1.807) is 18.2 Å². The maximum Gasteiger partial charge on any atom is 1.00 e. The zero-order valence-corrected chi connectivity index (χ0v) is 19.4. The first-order chi connectivity index (χ1) is 15.7. The van der Waals surface area contributed by atoms with Gasteiger partial charge in [0, 0.05) is 16.9 Å². The molecular formula is C27H18AuN3O2. The van der Waals surface area contributed by atoms with E-state index in [0.717, 1.165) is 16.7 Å². The molecule has 6 aromatic rings. The third-order valence-electron chi connectivity index (χ3n) is 5.71. The summed E-state index contributed by atoms with van der Waals surface area (Å²) in [5, 5.41) is 21.5. The molecule has 0 aliphatic heterocycles. The van der Waals surface area contributed by atoms with E-state index in [-0.39, 0.29) is 33.9 Å². The van der Waals surface area contributed by atoms with E-state index in [1.165, 1.54) is 0 Å². The second kappa shape index (κ2) is 8.30. The van der Waals surface area contributed by atoms with Gasteiger partial charge in [0.15, 0.2) is 0 Å². The van der Waals surface area contributed by atoms with Crippen LogP contribution in [0.4, 0.5) is 0 Å². The summed E-state index contributed by atoms with van der Waals surface area (Å²) in [4.78, 5) is 9.60. The van der Waals surface area contributed by atoms with Crippen molar-refractivity contribution in [2.75, 3.05) is 0 Å². The molecule has 6 heteroatoms. The number of para-hydroxylation sites is 2. The fourth-order valence-electron chi connectivity index (χ4n) is 4.25. The smallest absolute Gasteiger partial charge is 0.656 e. The Kier molecular flexibility index (Phi) is 5.30. The Morgan fingerprint density at radius 1 is 0.636 bits per heavy atom. The summed E-state index contributed by atoms with van der Waals surface area (Å²) in [6.07, 6.45) is 0. The van der Waals surface area contributed by atoms with Crippen LogP contribution < -0.4 is 4.98 Å². The SMILES string of the molecule is Oc1ccccc1-c1ccc(-c2ccc3c(n2)c2c(O)cccc2n3-c2ccccc2)[n-]1.[Au+]. The number of aromatic nitrogens is 3. The minimum Gasteiger partial charge on any atom is -0.656 e. The molecule has 6 rings (SSSR count). The van der Waals surface area contributed by atoms with Crippen LogP contribution in [0.15, 0.2) is 97.1 Å². The fourth-order valence-corrected chi connectivity index (χ4v) is 4.25. The Bertz CT molecular complexity index is 1600. The van der Waals surface area contributed by atoms with E-state index in [0.29, 0.717) is 33.5 Å². The predicted octanol–water partition coefficient (Wildman–Crippen LogP) is 5.88. The average molecular weight is 613 g/mol. The second-order valence-electron chi connectivity index (χ2n) is 7.64. The van der Waals surface area contributed by atoms with Crippen molar-refractivity contribution in [1.29, 1.82) is 0 Å². The van der Waals surface area contributed by atoms with E-state index in [4.69, 9.17) is 9.97 Å². The number of fused-ring (bicyclic) bond motifs is 3. The van der Waals surface area contributed by atoms with E-state index in [9.17, 15) is 10.2 Å². The molecule has 0 saturated carbocycles. The van der Waals surface area contributed by atoms with Gasteiger partial charge in [-0.25, -0.2) is 4.98 Å². The van der Waals surface area contributed by atoms with Crippen molar-refractivity contribution >= 4 is 21.9 Å². The number of hydrogen-bond donors (Lipinski definition) is 2. The molecule has 0 saturated heterocycles. The number of aromatic hydroxyl groups is 2. The average Bonchev–Trinajstić information content (AvgIpc) is 3.43. The minimum absolute atomic E-state index is 0.